The molecular formula is C8H19BrN2OS. The molecule has 0 aromatic heterocycles. The maximum absolute atomic E-state index is 10.6. The molecule has 0 bridgehead atoms. The highest BCUT2D eigenvalue weighted by molar-refractivity contribution is 7.81. The third kappa shape index (κ3) is 10.2. The normalized spacial score (nSPS) is 13.2. The number of rotatable bonds is 5. The number of amides is 1. The summed E-state index contributed by atoms with van der Waals surface area (Å²) in [6.07, 6.45) is 1.76. The first-order valence-corrected chi connectivity index (χ1v) is 4.62. The first kappa shape index (κ1) is 15.7. The van der Waals surface area contributed by atoms with E-state index in [1.54, 1.807) is 0 Å². The Kier molecular flexibility index (Phi) is 8.07. The van der Waals surface area contributed by atoms with E-state index in [0.717, 1.165) is 23.9 Å². The minimum Gasteiger partial charge on any atom is -1.00 e. The SMILES string of the molecule is C[N+](C)(C)CCCC(S)C(N)=O.[Br-]. The Balaban J connectivity index is 0. The van der Waals surface area contributed by atoms with Crippen molar-refractivity contribution in [2.24, 2.45) is 5.73 Å². The minimum atomic E-state index is -0.320. The summed E-state index contributed by atoms with van der Waals surface area (Å²) in [6, 6.07) is 0. The summed E-state index contributed by atoms with van der Waals surface area (Å²) >= 11 is 4.07. The smallest absolute Gasteiger partial charge is 0.230 e. The van der Waals surface area contributed by atoms with Gasteiger partial charge in [0.2, 0.25) is 5.91 Å². The summed E-state index contributed by atoms with van der Waals surface area (Å²) in [5.41, 5.74) is 5.07. The molecule has 3 nitrogen and oxygen atoms in total. The molecule has 80 valence electrons. The fraction of sp³-hybridized carbons (Fsp3) is 0.875. The van der Waals surface area contributed by atoms with Gasteiger partial charge in [-0.1, -0.05) is 0 Å². The van der Waals surface area contributed by atoms with E-state index in [1.807, 2.05) is 0 Å². The molecule has 2 N–H and O–H groups in total. The van der Waals surface area contributed by atoms with Gasteiger partial charge in [0.05, 0.1) is 32.9 Å². The van der Waals surface area contributed by atoms with E-state index in [9.17, 15) is 4.79 Å². The fourth-order valence-corrected chi connectivity index (χ4v) is 1.08. The molecule has 13 heavy (non-hydrogen) atoms. The Labute approximate surface area is 96.4 Å². The van der Waals surface area contributed by atoms with Crippen LogP contribution in [0.15, 0.2) is 0 Å². The van der Waals surface area contributed by atoms with E-state index < -0.39 is 0 Å². The molecule has 1 amide bonds. The lowest BCUT2D eigenvalue weighted by Gasteiger charge is -2.24. The maximum Gasteiger partial charge on any atom is 0.230 e. The Hall–Kier alpha value is 0.260. The largest absolute Gasteiger partial charge is 1.00 e. The molecule has 0 aliphatic carbocycles. The number of nitrogens with two attached hydrogens (primary N) is 1. The van der Waals surface area contributed by atoms with Crippen LogP contribution in [0.4, 0.5) is 0 Å². The van der Waals surface area contributed by atoms with Crippen LogP contribution < -0.4 is 22.7 Å². The highest BCUT2D eigenvalue weighted by atomic mass is 79.9. The highest BCUT2D eigenvalue weighted by Gasteiger charge is 2.12. The number of quaternary nitrogens is 1. The number of hydrogen-bond acceptors (Lipinski definition) is 2. The molecule has 0 heterocycles. The summed E-state index contributed by atoms with van der Waals surface area (Å²) in [5, 5.41) is -0.281. The third-order valence-corrected chi connectivity index (χ3v) is 2.15. The molecule has 1 atom stereocenters. The molecule has 0 aliphatic heterocycles. The molecular weight excluding hydrogens is 252 g/mol. The van der Waals surface area contributed by atoms with Crippen molar-refractivity contribution in [2.45, 2.75) is 18.1 Å². The van der Waals surface area contributed by atoms with Crippen LogP contribution in [-0.2, 0) is 4.79 Å². The Morgan fingerprint density at radius 3 is 2.23 bits per heavy atom. The van der Waals surface area contributed by atoms with Gasteiger partial charge in [-0.2, -0.15) is 12.6 Å². The maximum atomic E-state index is 10.6. The fourth-order valence-electron chi connectivity index (χ4n) is 0.901. The molecule has 0 radical (unpaired) electrons. The molecule has 0 rings (SSSR count). The van der Waals surface area contributed by atoms with Gasteiger partial charge in [0.15, 0.2) is 0 Å². The molecule has 0 saturated heterocycles. The van der Waals surface area contributed by atoms with Gasteiger partial charge in [0.25, 0.3) is 0 Å². The van der Waals surface area contributed by atoms with Crippen molar-refractivity contribution in [3.8, 4) is 0 Å². The van der Waals surface area contributed by atoms with Gasteiger partial charge in [-0.25, -0.2) is 0 Å². The second-order valence-corrected chi connectivity index (χ2v) is 4.70. The lowest BCUT2D eigenvalue weighted by Crippen LogP contribution is -3.00. The predicted octanol–water partition coefficient (Wildman–Crippen LogP) is -2.74. The lowest BCUT2D eigenvalue weighted by atomic mass is 10.2. The van der Waals surface area contributed by atoms with Crippen LogP contribution in [-0.4, -0.2) is 43.3 Å². The number of primary amides is 1. The average molecular weight is 271 g/mol. The quantitative estimate of drug-likeness (QED) is 0.413. The van der Waals surface area contributed by atoms with Crippen molar-refractivity contribution in [3.63, 3.8) is 0 Å². The van der Waals surface area contributed by atoms with Crippen LogP contribution in [0.25, 0.3) is 0 Å². The number of carbonyl (C=O) groups excluding carboxylic acids is 1. The molecule has 0 spiro atoms. The van der Waals surface area contributed by atoms with Crippen molar-refractivity contribution in [1.82, 2.24) is 0 Å². The van der Waals surface area contributed by atoms with Crippen LogP contribution >= 0.6 is 12.6 Å². The van der Waals surface area contributed by atoms with Crippen LogP contribution in [0.3, 0.4) is 0 Å². The van der Waals surface area contributed by atoms with Gasteiger partial charge in [0, 0.05) is 0 Å². The zero-order valence-corrected chi connectivity index (χ0v) is 10.9. The van der Waals surface area contributed by atoms with Crippen molar-refractivity contribution < 1.29 is 26.3 Å². The topological polar surface area (TPSA) is 43.1 Å². The van der Waals surface area contributed by atoms with Gasteiger partial charge in [-0.15, -0.1) is 0 Å². The molecule has 0 aromatic carbocycles. The summed E-state index contributed by atoms with van der Waals surface area (Å²) in [4.78, 5) is 10.6. The van der Waals surface area contributed by atoms with Crippen LogP contribution in [0.2, 0.25) is 0 Å². The van der Waals surface area contributed by atoms with Gasteiger partial charge in [-0.05, 0) is 12.8 Å². The van der Waals surface area contributed by atoms with E-state index in [-0.39, 0.29) is 28.1 Å². The first-order valence-electron chi connectivity index (χ1n) is 4.11. The summed E-state index contributed by atoms with van der Waals surface area (Å²) in [7, 11) is 6.37. The number of halogens is 1. The van der Waals surface area contributed by atoms with E-state index >= 15 is 0 Å². The number of carbonyl (C=O) groups is 1. The Morgan fingerprint density at radius 1 is 1.46 bits per heavy atom. The average Bonchev–Trinajstić information content (AvgIpc) is 1.84. The van der Waals surface area contributed by atoms with E-state index in [4.69, 9.17) is 5.73 Å². The van der Waals surface area contributed by atoms with E-state index in [1.165, 1.54) is 0 Å². The van der Waals surface area contributed by atoms with Crippen LogP contribution in [0.1, 0.15) is 12.8 Å². The second kappa shape index (κ2) is 6.68. The number of nitrogens with zero attached hydrogens (tertiary/aromatic N) is 1. The van der Waals surface area contributed by atoms with Gasteiger partial charge in [0.1, 0.15) is 0 Å². The Morgan fingerprint density at radius 2 is 1.92 bits per heavy atom. The molecule has 0 aromatic rings. The van der Waals surface area contributed by atoms with E-state index in [0.29, 0.717) is 0 Å². The predicted molar refractivity (Wildman–Crippen MR) is 54.1 cm³/mol. The van der Waals surface area contributed by atoms with Gasteiger partial charge < -0.3 is 27.2 Å². The van der Waals surface area contributed by atoms with Gasteiger partial charge >= 0.3 is 0 Å². The molecule has 1 unspecified atom stereocenters. The zero-order chi connectivity index (χ0) is 9.78. The summed E-state index contributed by atoms with van der Waals surface area (Å²) in [6.45, 7) is 1.05. The van der Waals surface area contributed by atoms with Crippen molar-refractivity contribution in [2.75, 3.05) is 27.7 Å². The monoisotopic (exact) mass is 270 g/mol. The molecule has 0 fully saturated rings. The molecule has 5 heteroatoms. The zero-order valence-electron chi connectivity index (χ0n) is 8.46. The number of hydrogen-bond donors (Lipinski definition) is 2. The molecule has 0 saturated carbocycles. The first-order chi connectivity index (χ1) is 5.33. The number of thiol groups is 1. The van der Waals surface area contributed by atoms with Crippen molar-refractivity contribution >= 4 is 18.5 Å². The van der Waals surface area contributed by atoms with Crippen LogP contribution in [0, 0.1) is 0 Å². The van der Waals surface area contributed by atoms with Crippen LogP contribution in [0.5, 0.6) is 0 Å². The second-order valence-electron chi connectivity index (χ2n) is 4.07. The Bertz CT molecular complexity index is 159. The lowest BCUT2D eigenvalue weighted by molar-refractivity contribution is -0.870. The molecule has 0 aliphatic rings. The summed E-state index contributed by atoms with van der Waals surface area (Å²) in [5.74, 6) is -0.320. The van der Waals surface area contributed by atoms with Gasteiger partial charge in [-0.3, -0.25) is 4.79 Å². The standard InChI is InChI=1S/C8H18N2OS.BrH/c1-10(2,3)6-4-5-7(12)8(9)11;/h7H,4-6H2,1-3H3,(H2-,9,11,12);1H. The minimum absolute atomic E-state index is 0. The van der Waals surface area contributed by atoms with Crippen molar-refractivity contribution in [1.29, 1.82) is 0 Å². The summed E-state index contributed by atoms with van der Waals surface area (Å²) < 4.78 is 0.916. The van der Waals surface area contributed by atoms with Crippen molar-refractivity contribution in [3.05, 3.63) is 0 Å². The highest BCUT2D eigenvalue weighted by Crippen LogP contribution is 2.05. The third-order valence-electron chi connectivity index (χ3n) is 1.63. The van der Waals surface area contributed by atoms with E-state index in [2.05, 4.69) is 33.8 Å².